The Morgan fingerprint density at radius 2 is 1.65 bits per heavy atom. The highest BCUT2D eigenvalue weighted by molar-refractivity contribution is 7.80. The van der Waals surface area contributed by atoms with Crippen LogP contribution in [0.2, 0.25) is 10.0 Å². The number of nitrogens with one attached hydrogen (secondary N) is 2. The number of anilines is 1. The number of benzene rings is 2. The van der Waals surface area contributed by atoms with Gasteiger partial charge < -0.3 is 10.6 Å². The maximum atomic E-state index is 6.16. The molecule has 34 heavy (non-hydrogen) atoms. The van der Waals surface area contributed by atoms with Crippen molar-refractivity contribution in [3.05, 3.63) is 92.5 Å². The monoisotopic (exact) mass is 512 g/mol. The van der Waals surface area contributed by atoms with Crippen LogP contribution in [-0.2, 0) is 13.1 Å². The van der Waals surface area contributed by atoms with Crippen LogP contribution in [0.3, 0.4) is 0 Å². The predicted octanol–water partition coefficient (Wildman–Crippen LogP) is 6.14. The number of hydrogen-bond acceptors (Lipinski definition) is 3. The highest BCUT2D eigenvalue weighted by Crippen LogP contribution is 2.25. The molecule has 9 heteroatoms. The summed E-state index contributed by atoms with van der Waals surface area (Å²) in [7, 11) is 0. The lowest BCUT2D eigenvalue weighted by Crippen LogP contribution is -2.28. The average Bonchev–Trinajstić information content (AvgIpc) is 3.24. The summed E-state index contributed by atoms with van der Waals surface area (Å²) in [4.78, 5) is 0. The van der Waals surface area contributed by atoms with E-state index >= 15 is 0 Å². The molecule has 0 fully saturated rings. The van der Waals surface area contributed by atoms with Gasteiger partial charge in [0.2, 0.25) is 0 Å². The van der Waals surface area contributed by atoms with Crippen molar-refractivity contribution >= 4 is 46.2 Å². The minimum absolute atomic E-state index is 0.533. The maximum absolute atomic E-state index is 6.16. The highest BCUT2D eigenvalue weighted by Gasteiger charge is 2.16. The van der Waals surface area contributed by atoms with Crippen molar-refractivity contribution in [1.29, 1.82) is 0 Å². The first kappa shape index (κ1) is 24.3. The molecule has 0 aliphatic rings. The zero-order valence-corrected chi connectivity index (χ0v) is 21.8. The Bertz CT molecular complexity index is 1340. The van der Waals surface area contributed by atoms with Gasteiger partial charge in [-0.15, -0.1) is 0 Å². The fourth-order valence-electron chi connectivity index (χ4n) is 3.92. The molecule has 4 aromatic rings. The van der Waals surface area contributed by atoms with Gasteiger partial charge in [0.25, 0.3) is 0 Å². The number of rotatable bonds is 6. The largest absolute Gasteiger partial charge is 0.358 e. The van der Waals surface area contributed by atoms with Crippen LogP contribution in [0, 0.1) is 27.7 Å². The number of nitrogens with zero attached hydrogens (tertiary/aromatic N) is 4. The molecule has 0 unspecified atom stereocenters. The molecule has 0 radical (unpaired) electrons. The molecule has 2 N–H and O–H groups in total. The Balaban J connectivity index is 1.44. The number of aryl methyl sites for hydroxylation is 2. The summed E-state index contributed by atoms with van der Waals surface area (Å²) >= 11 is 17.8. The molecule has 2 aromatic carbocycles. The normalized spacial score (nSPS) is 11.0. The van der Waals surface area contributed by atoms with E-state index in [0.717, 1.165) is 45.3 Å². The summed E-state index contributed by atoms with van der Waals surface area (Å²) in [6, 6.07) is 15.7. The lowest BCUT2D eigenvalue weighted by Gasteiger charge is -2.12. The average molecular weight is 513 g/mol. The molecule has 4 rings (SSSR count). The van der Waals surface area contributed by atoms with Crippen molar-refractivity contribution < 1.29 is 0 Å². The Morgan fingerprint density at radius 1 is 0.912 bits per heavy atom. The van der Waals surface area contributed by atoms with Crippen molar-refractivity contribution in [2.45, 2.75) is 40.8 Å². The van der Waals surface area contributed by atoms with Gasteiger partial charge in [-0.3, -0.25) is 4.68 Å². The third kappa shape index (κ3) is 5.12. The van der Waals surface area contributed by atoms with Crippen LogP contribution in [0.25, 0.3) is 5.69 Å². The number of thiocarbonyl (C=S) groups is 1. The van der Waals surface area contributed by atoms with Gasteiger partial charge in [0.05, 0.1) is 45.0 Å². The summed E-state index contributed by atoms with van der Waals surface area (Å²) < 4.78 is 3.89. The molecular formula is C25H26Cl2N6S. The smallest absolute Gasteiger partial charge is 0.171 e. The lowest BCUT2D eigenvalue weighted by atomic mass is 10.2. The topological polar surface area (TPSA) is 59.7 Å². The van der Waals surface area contributed by atoms with Gasteiger partial charge in [-0.25, -0.2) is 4.68 Å². The Hall–Kier alpha value is -2.87. The number of para-hydroxylation sites is 1. The standard InChI is InChI=1S/C25H26Cl2N6S/c1-15-21(17(3)33(31-15)20-8-6-5-7-9-20)13-28-25(34)29-24-16(2)30-32(18(24)4)14-19-10-11-22(26)23(27)12-19/h5-12H,13-14H2,1-4H3,(H2,28,29,34). The summed E-state index contributed by atoms with van der Waals surface area (Å²) in [5, 5.41) is 17.6. The summed E-state index contributed by atoms with van der Waals surface area (Å²) in [6.07, 6.45) is 0. The molecule has 6 nitrogen and oxygen atoms in total. The predicted molar refractivity (Wildman–Crippen MR) is 143 cm³/mol. The fourth-order valence-corrected chi connectivity index (χ4v) is 4.42. The second-order valence-electron chi connectivity index (χ2n) is 8.16. The van der Waals surface area contributed by atoms with Crippen LogP contribution < -0.4 is 10.6 Å². The summed E-state index contributed by atoms with van der Waals surface area (Å²) in [5.41, 5.74) is 7.98. The Labute approximate surface area is 214 Å². The van der Waals surface area contributed by atoms with Crippen LogP contribution in [0.5, 0.6) is 0 Å². The van der Waals surface area contributed by atoms with Gasteiger partial charge in [-0.2, -0.15) is 10.2 Å². The maximum Gasteiger partial charge on any atom is 0.171 e. The SMILES string of the molecule is Cc1nn(-c2ccccc2)c(C)c1CNC(=S)Nc1c(C)nn(Cc2ccc(Cl)c(Cl)c2)c1C. The first-order valence-electron chi connectivity index (χ1n) is 10.9. The second kappa shape index (κ2) is 10.2. The molecule has 0 saturated heterocycles. The van der Waals surface area contributed by atoms with E-state index in [-0.39, 0.29) is 0 Å². The van der Waals surface area contributed by atoms with E-state index in [2.05, 4.69) is 22.7 Å². The van der Waals surface area contributed by atoms with E-state index < -0.39 is 0 Å². The van der Waals surface area contributed by atoms with Gasteiger partial charge in [0.15, 0.2) is 5.11 Å². The van der Waals surface area contributed by atoms with E-state index in [0.29, 0.717) is 28.2 Å². The van der Waals surface area contributed by atoms with Crippen LogP contribution in [0.4, 0.5) is 5.69 Å². The van der Waals surface area contributed by atoms with Gasteiger partial charge in [-0.1, -0.05) is 47.5 Å². The van der Waals surface area contributed by atoms with Gasteiger partial charge >= 0.3 is 0 Å². The molecule has 176 valence electrons. The van der Waals surface area contributed by atoms with Crippen molar-refractivity contribution in [1.82, 2.24) is 24.9 Å². The van der Waals surface area contributed by atoms with Crippen LogP contribution in [0.1, 0.15) is 33.9 Å². The lowest BCUT2D eigenvalue weighted by molar-refractivity contribution is 0.659. The molecule has 0 saturated carbocycles. The molecule has 2 aromatic heterocycles. The first-order chi connectivity index (χ1) is 16.2. The van der Waals surface area contributed by atoms with Crippen LogP contribution >= 0.6 is 35.4 Å². The zero-order valence-electron chi connectivity index (χ0n) is 19.5. The zero-order chi connectivity index (χ0) is 24.4. The van der Waals surface area contributed by atoms with Crippen LogP contribution in [0.15, 0.2) is 48.5 Å². The third-order valence-corrected chi connectivity index (χ3v) is 6.79. The fraction of sp³-hybridized carbons (Fsp3) is 0.240. The highest BCUT2D eigenvalue weighted by atomic mass is 35.5. The van der Waals surface area contributed by atoms with E-state index in [4.69, 9.17) is 40.5 Å². The van der Waals surface area contributed by atoms with Gasteiger partial charge in [0.1, 0.15) is 0 Å². The Morgan fingerprint density at radius 3 is 2.35 bits per heavy atom. The molecule has 0 aliphatic heterocycles. The number of halogens is 2. The molecule has 0 amide bonds. The van der Waals surface area contributed by atoms with Crippen molar-refractivity contribution in [2.75, 3.05) is 5.32 Å². The first-order valence-corrected chi connectivity index (χ1v) is 12.0. The summed E-state index contributed by atoms with van der Waals surface area (Å²) in [6.45, 7) is 9.22. The number of hydrogen-bond donors (Lipinski definition) is 2. The Kier molecular flexibility index (Phi) is 7.26. The van der Waals surface area contributed by atoms with Crippen LogP contribution in [-0.4, -0.2) is 24.7 Å². The molecule has 2 heterocycles. The molecule has 0 bridgehead atoms. The van der Waals surface area contributed by atoms with Crippen molar-refractivity contribution in [3.63, 3.8) is 0 Å². The van der Waals surface area contributed by atoms with E-state index in [1.807, 2.05) is 72.6 Å². The third-order valence-electron chi connectivity index (χ3n) is 5.80. The minimum Gasteiger partial charge on any atom is -0.358 e. The number of aromatic nitrogens is 4. The van der Waals surface area contributed by atoms with Crippen molar-refractivity contribution in [2.24, 2.45) is 0 Å². The van der Waals surface area contributed by atoms with E-state index in [9.17, 15) is 0 Å². The van der Waals surface area contributed by atoms with Crippen molar-refractivity contribution in [3.8, 4) is 5.69 Å². The van der Waals surface area contributed by atoms with Gasteiger partial charge in [0, 0.05) is 17.8 Å². The minimum atomic E-state index is 0.533. The quantitative estimate of drug-likeness (QED) is 0.303. The van der Waals surface area contributed by atoms with Gasteiger partial charge in [-0.05, 0) is 69.7 Å². The molecule has 0 aliphatic carbocycles. The van der Waals surface area contributed by atoms with E-state index in [1.165, 1.54) is 0 Å². The molecule has 0 atom stereocenters. The second-order valence-corrected chi connectivity index (χ2v) is 9.38. The van der Waals surface area contributed by atoms with E-state index in [1.54, 1.807) is 6.07 Å². The molecule has 0 spiro atoms. The summed E-state index contributed by atoms with van der Waals surface area (Å²) in [5.74, 6) is 0. The molecular weight excluding hydrogens is 487 g/mol.